The fourth-order valence-electron chi connectivity index (χ4n) is 2.30. The summed E-state index contributed by atoms with van der Waals surface area (Å²) in [7, 11) is 3.97. The Balaban J connectivity index is 1.87. The van der Waals surface area contributed by atoms with Crippen LogP contribution in [-0.4, -0.2) is 38.2 Å². The summed E-state index contributed by atoms with van der Waals surface area (Å²) in [5, 5.41) is 5.03. The summed E-state index contributed by atoms with van der Waals surface area (Å²) in [6, 6.07) is 0. The fourth-order valence-corrected chi connectivity index (χ4v) is 2.30. The molecule has 0 bridgehead atoms. The van der Waals surface area contributed by atoms with E-state index in [1.54, 1.807) is 10.9 Å². The van der Waals surface area contributed by atoms with E-state index in [0.29, 0.717) is 5.82 Å². The Morgan fingerprint density at radius 3 is 2.95 bits per heavy atom. The highest BCUT2D eigenvalue weighted by molar-refractivity contribution is 5.86. The summed E-state index contributed by atoms with van der Waals surface area (Å²) in [5.41, 5.74) is 3.43. The molecule has 0 saturated heterocycles. The molecule has 2 aromatic heterocycles. The van der Waals surface area contributed by atoms with Gasteiger partial charge >= 0.3 is 0 Å². The van der Waals surface area contributed by atoms with Gasteiger partial charge in [-0.1, -0.05) is 0 Å². The van der Waals surface area contributed by atoms with Gasteiger partial charge in [-0.15, -0.1) is 0 Å². The van der Waals surface area contributed by atoms with Crippen molar-refractivity contribution in [1.82, 2.24) is 24.6 Å². The Hall–Kier alpha value is -1.73. The second kappa shape index (κ2) is 4.75. The molecular weight excluding hydrogens is 242 g/mol. The molecule has 1 saturated carbocycles. The molecule has 1 aliphatic rings. The van der Waals surface area contributed by atoms with Crippen LogP contribution in [0.15, 0.2) is 6.20 Å². The smallest absolute Gasteiger partial charge is 0.163 e. The molecule has 1 fully saturated rings. The molecular formula is C12H19N7. The molecule has 19 heavy (non-hydrogen) atoms. The van der Waals surface area contributed by atoms with Crippen molar-refractivity contribution in [1.29, 1.82) is 0 Å². The van der Waals surface area contributed by atoms with Crippen LogP contribution in [0.3, 0.4) is 0 Å². The number of fused-ring (bicyclic) bond motifs is 1. The maximum atomic E-state index is 5.52. The number of aryl methyl sites for hydroxylation is 1. The SMILES string of the molecule is CN(Cc1nc(NN)c2cnn(C)c2n1)CC1CC1. The first-order chi connectivity index (χ1) is 9.17. The average Bonchev–Trinajstić information content (AvgIpc) is 3.12. The molecule has 0 spiro atoms. The van der Waals surface area contributed by atoms with Gasteiger partial charge in [0, 0.05) is 13.6 Å². The third-order valence-corrected chi connectivity index (χ3v) is 3.45. The van der Waals surface area contributed by atoms with Crippen molar-refractivity contribution in [2.75, 3.05) is 19.0 Å². The number of nitrogens with zero attached hydrogens (tertiary/aromatic N) is 5. The summed E-state index contributed by atoms with van der Waals surface area (Å²) in [5.74, 6) is 7.79. The standard InChI is InChI=1S/C12H19N7/c1-18(6-8-3-4-8)7-10-15-11(17-13)9-5-14-19(2)12(9)16-10/h5,8H,3-4,6-7,13H2,1-2H3,(H,15,16,17). The van der Waals surface area contributed by atoms with Crippen LogP contribution in [0.2, 0.25) is 0 Å². The number of hydrogen-bond acceptors (Lipinski definition) is 6. The molecule has 7 heteroatoms. The zero-order valence-electron chi connectivity index (χ0n) is 11.3. The number of anilines is 1. The van der Waals surface area contributed by atoms with Gasteiger partial charge in [0.05, 0.1) is 18.1 Å². The monoisotopic (exact) mass is 261 g/mol. The van der Waals surface area contributed by atoms with Gasteiger partial charge in [-0.25, -0.2) is 15.8 Å². The predicted molar refractivity (Wildman–Crippen MR) is 73.2 cm³/mol. The number of rotatable bonds is 5. The molecule has 0 aliphatic heterocycles. The van der Waals surface area contributed by atoms with Crippen molar-refractivity contribution in [2.24, 2.45) is 18.8 Å². The van der Waals surface area contributed by atoms with Crippen LogP contribution in [0, 0.1) is 5.92 Å². The molecule has 0 atom stereocenters. The maximum Gasteiger partial charge on any atom is 0.163 e. The lowest BCUT2D eigenvalue weighted by molar-refractivity contribution is 0.305. The molecule has 2 heterocycles. The molecule has 3 N–H and O–H groups in total. The molecule has 0 unspecified atom stereocenters. The first-order valence-corrected chi connectivity index (χ1v) is 6.51. The maximum absolute atomic E-state index is 5.52. The van der Waals surface area contributed by atoms with Crippen LogP contribution >= 0.6 is 0 Å². The van der Waals surface area contributed by atoms with E-state index in [-0.39, 0.29) is 0 Å². The van der Waals surface area contributed by atoms with Crippen LogP contribution in [0.5, 0.6) is 0 Å². The van der Waals surface area contributed by atoms with Crippen molar-refractivity contribution in [2.45, 2.75) is 19.4 Å². The van der Waals surface area contributed by atoms with Crippen LogP contribution < -0.4 is 11.3 Å². The van der Waals surface area contributed by atoms with E-state index < -0.39 is 0 Å². The first-order valence-electron chi connectivity index (χ1n) is 6.51. The number of nitrogen functional groups attached to an aromatic ring is 1. The highest BCUT2D eigenvalue weighted by Gasteiger charge is 2.23. The normalized spacial score (nSPS) is 15.4. The Morgan fingerprint density at radius 2 is 2.26 bits per heavy atom. The third-order valence-electron chi connectivity index (χ3n) is 3.45. The quantitative estimate of drug-likeness (QED) is 0.602. The van der Waals surface area contributed by atoms with Gasteiger partial charge in [-0.3, -0.25) is 9.58 Å². The molecule has 2 aromatic rings. The van der Waals surface area contributed by atoms with Crippen molar-refractivity contribution in [3.8, 4) is 0 Å². The summed E-state index contributed by atoms with van der Waals surface area (Å²) < 4.78 is 1.74. The van der Waals surface area contributed by atoms with Crippen LogP contribution in [-0.2, 0) is 13.6 Å². The van der Waals surface area contributed by atoms with Gasteiger partial charge in [0.25, 0.3) is 0 Å². The molecule has 102 valence electrons. The first kappa shape index (κ1) is 12.3. The van der Waals surface area contributed by atoms with E-state index in [0.717, 1.165) is 35.9 Å². The molecule has 1 aliphatic carbocycles. The highest BCUT2D eigenvalue weighted by atomic mass is 15.3. The molecule has 0 amide bonds. The number of aromatic nitrogens is 4. The summed E-state index contributed by atoms with van der Waals surface area (Å²) in [6.07, 6.45) is 4.42. The van der Waals surface area contributed by atoms with Crippen molar-refractivity contribution in [3.63, 3.8) is 0 Å². The molecule has 7 nitrogen and oxygen atoms in total. The number of nitrogens with one attached hydrogen (secondary N) is 1. The van der Waals surface area contributed by atoms with Gasteiger partial charge in [0.1, 0.15) is 5.82 Å². The van der Waals surface area contributed by atoms with E-state index in [9.17, 15) is 0 Å². The Morgan fingerprint density at radius 1 is 1.47 bits per heavy atom. The Kier molecular flexibility index (Phi) is 3.08. The molecule has 3 rings (SSSR count). The lowest BCUT2D eigenvalue weighted by Gasteiger charge is -2.15. The Bertz CT molecular complexity index is 587. The van der Waals surface area contributed by atoms with Crippen molar-refractivity contribution in [3.05, 3.63) is 12.0 Å². The second-order valence-electron chi connectivity index (χ2n) is 5.28. The minimum Gasteiger partial charge on any atom is -0.308 e. The topological polar surface area (TPSA) is 84.9 Å². The van der Waals surface area contributed by atoms with Gasteiger partial charge < -0.3 is 5.43 Å². The zero-order chi connectivity index (χ0) is 13.4. The zero-order valence-corrected chi connectivity index (χ0v) is 11.3. The van der Waals surface area contributed by atoms with E-state index in [1.165, 1.54) is 12.8 Å². The van der Waals surface area contributed by atoms with E-state index in [1.807, 2.05) is 7.05 Å². The van der Waals surface area contributed by atoms with Gasteiger partial charge in [0.15, 0.2) is 11.5 Å². The summed E-state index contributed by atoms with van der Waals surface area (Å²) >= 11 is 0. The number of hydrogen-bond donors (Lipinski definition) is 2. The van der Waals surface area contributed by atoms with Crippen molar-refractivity contribution >= 4 is 16.9 Å². The minimum absolute atomic E-state index is 0.632. The second-order valence-corrected chi connectivity index (χ2v) is 5.28. The fraction of sp³-hybridized carbons (Fsp3) is 0.583. The van der Waals surface area contributed by atoms with E-state index >= 15 is 0 Å². The predicted octanol–water partition coefficient (Wildman–Crippen LogP) is 0.491. The van der Waals surface area contributed by atoms with Crippen molar-refractivity contribution < 1.29 is 0 Å². The lowest BCUT2D eigenvalue weighted by Crippen LogP contribution is -2.22. The summed E-state index contributed by atoms with van der Waals surface area (Å²) in [6.45, 7) is 1.84. The third kappa shape index (κ3) is 2.52. The number of hydrazine groups is 1. The number of nitrogens with two attached hydrogens (primary N) is 1. The van der Waals surface area contributed by atoms with E-state index in [4.69, 9.17) is 5.84 Å². The lowest BCUT2D eigenvalue weighted by atomic mass is 10.3. The average molecular weight is 261 g/mol. The van der Waals surface area contributed by atoms with Gasteiger partial charge in [-0.05, 0) is 25.8 Å². The van der Waals surface area contributed by atoms with Crippen LogP contribution in [0.4, 0.5) is 5.82 Å². The van der Waals surface area contributed by atoms with E-state index in [2.05, 4.69) is 32.4 Å². The largest absolute Gasteiger partial charge is 0.308 e. The van der Waals surface area contributed by atoms with Gasteiger partial charge in [0.2, 0.25) is 0 Å². The molecule has 0 aromatic carbocycles. The van der Waals surface area contributed by atoms with Crippen LogP contribution in [0.1, 0.15) is 18.7 Å². The summed E-state index contributed by atoms with van der Waals surface area (Å²) in [4.78, 5) is 11.3. The highest BCUT2D eigenvalue weighted by Crippen LogP contribution is 2.29. The van der Waals surface area contributed by atoms with Gasteiger partial charge in [-0.2, -0.15) is 5.10 Å². The minimum atomic E-state index is 0.632. The molecule has 0 radical (unpaired) electrons. The van der Waals surface area contributed by atoms with Crippen LogP contribution in [0.25, 0.3) is 11.0 Å². The Labute approximate surface area is 111 Å².